The summed E-state index contributed by atoms with van der Waals surface area (Å²) >= 11 is 0. The lowest BCUT2D eigenvalue weighted by Crippen LogP contribution is -2.46. The number of nitrogens with zero attached hydrogens (tertiary/aromatic N) is 2. The number of esters is 1. The van der Waals surface area contributed by atoms with Crippen molar-refractivity contribution in [2.24, 2.45) is 0 Å². The molecule has 110 valence electrons. The van der Waals surface area contributed by atoms with Crippen LogP contribution in [-0.4, -0.2) is 68.0 Å². The number of ether oxygens (including phenoxy) is 1. The van der Waals surface area contributed by atoms with E-state index in [1.54, 1.807) is 21.0 Å². The Kier molecular flexibility index (Phi) is 8.32. The van der Waals surface area contributed by atoms with E-state index in [-0.39, 0.29) is 25.6 Å². The Labute approximate surface area is 113 Å². The van der Waals surface area contributed by atoms with E-state index in [0.29, 0.717) is 6.54 Å². The van der Waals surface area contributed by atoms with E-state index in [1.807, 2.05) is 6.92 Å². The largest absolute Gasteiger partial charge is 0.465 e. The minimum Gasteiger partial charge on any atom is -0.465 e. The molecule has 0 spiro atoms. The number of urea groups is 1. The molecule has 1 N–H and O–H groups in total. The molecule has 7 heteroatoms. The summed E-state index contributed by atoms with van der Waals surface area (Å²) in [4.78, 5) is 37.3. The van der Waals surface area contributed by atoms with Crippen LogP contribution in [0.15, 0.2) is 0 Å². The van der Waals surface area contributed by atoms with Crippen LogP contribution >= 0.6 is 0 Å². The van der Waals surface area contributed by atoms with E-state index in [4.69, 9.17) is 4.74 Å². The Morgan fingerprint density at radius 3 is 2.26 bits per heavy atom. The Balaban J connectivity index is 4.32. The first-order chi connectivity index (χ1) is 8.92. The standard InChI is InChI=1S/C12H23N3O4/c1-5-7-15(9-10(16)14(3)4)12(18)13-8-11(17)19-6-2/h5-9H2,1-4H3,(H,13,18). The van der Waals surface area contributed by atoms with Crippen molar-refractivity contribution in [1.82, 2.24) is 15.1 Å². The summed E-state index contributed by atoms with van der Waals surface area (Å²) in [7, 11) is 3.26. The van der Waals surface area contributed by atoms with Crippen molar-refractivity contribution in [3.8, 4) is 0 Å². The van der Waals surface area contributed by atoms with Gasteiger partial charge in [-0.05, 0) is 13.3 Å². The summed E-state index contributed by atoms with van der Waals surface area (Å²) in [5.41, 5.74) is 0. The van der Waals surface area contributed by atoms with Crippen LogP contribution in [0.5, 0.6) is 0 Å². The predicted octanol–water partition coefficient (Wildman–Crippen LogP) is 0.0593. The summed E-state index contributed by atoms with van der Waals surface area (Å²) < 4.78 is 4.70. The highest BCUT2D eigenvalue weighted by molar-refractivity contribution is 5.85. The first-order valence-electron chi connectivity index (χ1n) is 6.30. The van der Waals surface area contributed by atoms with Crippen LogP contribution in [0, 0.1) is 0 Å². The summed E-state index contributed by atoms with van der Waals surface area (Å²) in [5, 5.41) is 2.44. The summed E-state index contributed by atoms with van der Waals surface area (Å²) in [5.74, 6) is -0.661. The summed E-state index contributed by atoms with van der Waals surface area (Å²) in [6, 6.07) is -0.440. The van der Waals surface area contributed by atoms with Crippen molar-refractivity contribution >= 4 is 17.9 Å². The van der Waals surface area contributed by atoms with Crippen molar-refractivity contribution in [2.45, 2.75) is 20.3 Å². The predicted molar refractivity (Wildman–Crippen MR) is 70.6 cm³/mol. The molecule has 0 aromatic heterocycles. The van der Waals surface area contributed by atoms with Crippen LogP contribution in [0.2, 0.25) is 0 Å². The molecule has 0 radical (unpaired) electrons. The highest BCUT2D eigenvalue weighted by Gasteiger charge is 2.18. The maximum Gasteiger partial charge on any atom is 0.325 e. The number of amides is 3. The highest BCUT2D eigenvalue weighted by Crippen LogP contribution is 1.95. The van der Waals surface area contributed by atoms with Gasteiger partial charge >= 0.3 is 12.0 Å². The SMILES string of the molecule is CCCN(CC(=O)N(C)C)C(=O)NCC(=O)OCC. The molecule has 19 heavy (non-hydrogen) atoms. The fourth-order valence-corrected chi connectivity index (χ4v) is 1.30. The van der Waals surface area contributed by atoms with Crippen LogP contribution in [0.1, 0.15) is 20.3 Å². The van der Waals surface area contributed by atoms with Gasteiger partial charge in [0, 0.05) is 20.6 Å². The van der Waals surface area contributed by atoms with E-state index in [9.17, 15) is 14.4 Å². The third kappa shape index (κ3) is 7.28. The fourth-order valence-electron chi connectivity index (χ4n) is 1.30. The van der Waals surface area contributed by atoms with Crippen molar-refractivity contribution in [3.05, 3.63) is 0 Å². The zero-order chi connectivity index (χ0) is 14.8. The average molecular weight is 273 g/mol. The fraction of sp³-hybridized carbons (Fsp3) is 0.750. The molecule has 0 aromatic carbocycles. The van der Waals surface area contributed by atoms with Crippen molar-refractivity contribution < 1.29 is 19.1 Å². The third-order valence-corrected chi connectivity index (χ3v) is 2.29. The number of hydrogen-bond donors (Lipinski definition) is 1. The van der Waals surface area contributed by atoms with E-state index < -0.39 is 12.0 Å². The van der Waals surface area contributed by atoms with Gasteiger partial charge in [-0.1, -0.05) is 6.92 Å². The van der Waals surface area contributed by atoms with Gasteiger partial charge in [0.2, 0.25) is 5.91 Å². The van der Waals surface area contributed by atoms with Gasteiger partial charge in [0.05, 0.1) is 6.61 Å². The van der Waals surface area contributed by atoms with Gasteiger partial charge in [-0.15, -0.1) is 0 Å². The number of carbonyl (C=O) groups excluding carboxylic acids is 3. The maximum absolute atomic E-state index is 11.8. The van der Waals surface area contributed by atoms with Crippen LogP contribution in [0.4, 0.5) is 4.79 Å². The van der Waals surface area contributed by atoms with Crippen LogP contribution < -0.4 is 5.32 Å². The van der Waals surface area contributed by atoms with Crippen molar-refractivity contribution in [3.63, 3.8) is 0 Å². The molecule has 3 amide bonds. The molecule has 0 rings (SSSR count). The molecule has 0 aromatic rings. The van der Waals surface area contributed by atoms with Gasteiger partial charge in [0.25, 0.3) is 0 Å². The van der Waals surface area contributed by atoms with Crippen LogP contribution in [-0.2, 0) is 14.3 Å². The zero-order valence-corrected chi connectivity index (χ0v) is 12.1. The minimum absolute atomic E-state index is 0.00447. The quantitative estimate of drug-likeness (QED) is 0.665. The van der Waals surface area contributed by atoms with Gasteiger partial charge in [-0.25, -0.2) is 4.79 Å². The Morgan fingerprint density at radius 2 is 1.79 bits per heavy atom. The monoisotopic (exact) mass is 273 g/mol. The first-order valence-corrected chi connectivity index (χ1v) is 6.30. The third-order valence-electron chi connectivity index (χ3n) is 2.29. The Hall–Kier alpha value is -1.79. The van der Waals surface area contributed by atoms with Gasteiger partial charge in [0.15, 0.2) is 0 Å². The first kappa shape index (κ1) is 17.2. The molecule has 7 nitrogen and oxygen atoms in total. The second-order valence-electron chi connectivity index (χ2n) is 4.17. The van der Waals surface area contributed by atoms with Gasteiger partial charge < -0.3 is 19.9 Å². The number of rotatable bonds is 7. The van der Waals surface area contributed by atoms with Gasteiger partial charge in [0.1, 0.15) is 13.1 Å². The van der Waals surface area contributed by atoms with Crippen molar-refractivity contribution in [2.75, 3.05) is 40.3 Å². The minimum atomic E-state index is -0.494. The molecule has 0 heterocycles. The molecule has 0 saturated carbocycles. The second kappa shape index (κ2) is 9.18. The van der Waals surface area contributed by atoms with Gasteiger partial charge in [-0.2, -0.15) is 0 Å². The molecular formula is C12H23N3O4. The number of carbonyl (C=O) groups is 3. The maximum atomic E-state index is 11.8. The molecule has 0 fully saturated rings. The highest BCUT2D eigenvalue weighted by atomic mass is 16.5. The summed E-state index contributed by atoms with van der Waals surface area (Å²) in [6.45, 7) is 4.13. The Bertz CT molecular complexity index is 318. The number of likely N-dealkylation sites (N-methyl/N-ethyl adjacent to an activating group) is 1. The lowest BCUT2D eigenvalue weighted by molar-refractivity contribution is -0.141. The molecule has 0 aliphatic rings. The zero-order valence-electron chi connectivity index (χ0n) is 12.1. The van der Waals surface area contributed by atoms with E-state index in [2.05, 4.69) is 5.32 Å². The molecule has 0 unspecified atom stereocenters. The normalized spacial score (nSPS) is 9.68. The topological polar surface area (TPSA) is 79.0 Å². The second-order valence-corrected chi connectivity index (χ2v) is 4.17. The Morgan fingerprint density at radius 1 is 1.16 bits per heavy atom. The van der Waals surface area contributed by atoms with Crippen molar-refractivity contribution in [1.29, 1.82) is 0 Å². The summed E-state index contributed by atoms with van der Waals surface area (Å²) in [6.07, 6.45) is 0.730. The molecular weight excluding hydrogens is 250 g/mol. The lowest BCUT2D eigenvalue weighted by atomic mass is 10.4. The molecule has 0 bridgehead atoms. The molecule has 0 aliphatic carbocycles. The molecule has 0 saturated heterocycles. The number of nitrogens with one attached hydrogen (secondary N) is 1. The average Bonchev–Trinajstić information content (AvgIpc) is 2.35. The molecule has 0 aliphatic heterocycles. The number of hydrogen-bond acceptors (Lipinski definition) is 4. The molecule has 0 atom stereocenters. The smallest absolute Gasteiger partial charge is 0.325 e. The van der Waals surface area contributed by atoms with Crippen LogP contribution in [0.25, 0.3) is 0 Å². The van der Waals surface area contributed by atoms with E-state index >= 15 is 0 Å². The van der Waals surface area contributed by atoms with E-state index in [0.717, 1.165) is 6.42 Å². The van der Waals surface area contributed by atoms with Crippen LogP contribution in [0.3, 0.4) is 0 Å². The van der Waals surface area contributed by atoms with E-state index in [1.165, 1.54) is 9.80 Å². The van der Waals surface area contributed by atoms with Gasteiger partial charge in [-0.3, -0.25) is 9.59 Å². The lowest BCUT2D eigenvalue weighted by Gasteiger charge is -2.23.